The first kappa shape index (κ1) is 17.5. The summed E-state index contributed by atoms with van der Waals surface area (Å²) in [6.45, 7) is 1.53. The molecule has 0 unspecified atom stereocenters. The summed E-state index contributed by atoms with van der Waals surface area (Å²) >= 11 is 5.94. The molecule has 0 fully saturated rings. The van der Waals surface area contributed by atoms with Crippen LogP contribution in [0, 0.1) is 24.2 Å². The molecule has 0 aliphatic carbocycles. The molecule has 0 radical (unpaired) electrons. The van der Waals surface area contributed by atoms with Crippen molar-refractivity contribution in [2.24, 2.45) is 5.92 Å². The number of hydrogen-bond donors (Lipinski definition) is 1. The minimum absolute atomic E-state index is 0.325. The number of ketones is 1. The Kier molecular flexibility index (Phi) is 5.94. The van der Waals surface area contributed by atoms with Crippen molar-refractivity contribution in [2.75, 3.05) is 11.9 Å². The zero-order chi connectivity index (χ0) is 17.5. The van der Waals surface area contributed by atoms with Crippen LogP contribution in [0.4, 0.5) is 5.69 Å². The van der Waals surface area contributed by atoms with Crippen molar-refractivity contribution >= 4 is 29.0 Å². The largest absolute Gasteiger partial charge is 0.486 e. The van der Waals surface area contributed by atoms with E-state index in [1.165, 1.54) is 0 Å². The lowest BCUT2D eigenvalue weighted by molar-refractivity contribution is -0.130. The Balaban J connectivity index is 1.99. The van der Waals surface area contributed by atoms with E-state index in [2.05, 4.69) is 5.32 Å². The number of halogens is 1. The quantitative estimate of drug-likeness (QED) is 0.816. The van der Waals surface area contributed by atoms with Crippen LogP contribution in [0.3, 0.4) is 0 Å². The second kappa shape index (κ2) is 8.14. The number of hydrogen-bond acceptors (Lipinski definition) is 4. The SMILES string of the molecule is Cc1cccc(OCC(=O)[C@@H](C#N)C(=O)Nc2ccccc2Cl)c1. The zero-order valence-electron chi connectivity index (χ0n) is 13.0. The molecule has 0 aliphatic rings. The Bertz CT molecular complexity index is 799. The van der Waals surface area contributed by atoms with Gasteiger partial charge in [0.05, 0.1) is 16.8 Å². The summed E-state index contributed by atoms with van der Waals surface area (Å²) in [4.78, 5) is 24.2. The lowest BCUT2D eigenvalue weighted by atomic mass is 10.1. The highest BCUT2D eigenvalue weighted by molar-refractivity contribution is 6.33. The minimum atomic E-state index is -1.47. The highest BCUT2D eigenvalue weighted by Gasteiger charge is 2.27. The van der Waals surface area contributed by atoms with E-state index >= 15 is 0 Å². The first-order valence-corrected chi connectivity index (χ1v) is 7.56. The van der Waals surface area contributed by atoms with Crippen molar-refractivity contribution in [1.82, 2.24) is 0 Å². The third-order valence-corrected chi connectivity index (χ3v) is 3.55. The molecule has 0 bridgehead atoms. The first-order chi connectivity index (χ1) is 11.5. The van der Waals surface area contributed by atoms with E-state index in [1.807, 2.05) is 13.0 Å². The van der Waals surface area contributed by atoms with Gasteiger partial charge in [0, 0.05) is 0 Å². The van der Waals surface area contributed by atoms with E-state index < -0.39 is 17.6 Å². The van der Waals surface area contributed by atoms with E-state index in [0.717, 1.165) is 5.56 Å². The van der Waals surface area contributed by atoms with E-state index in [1.54, 1.807) is 48.5 Å². The molecule has 2 aromatic carbocycles. The monoisotopic (exact) mass is 342 g/mol. The van der Waals surface area contributed by atoms with Crippen LogP contribution in [-0.4, -0.2) is 18.3 Å². The average molecular weight is 343 g/mol. The van der Waals surface area contributed by atoms with E-state index in [0.29, 0.717) is 16.5 Å². The van der Waals surface area contributed by atoms with Gasteiger partial charge < -0.3 is 10.1 Å². The molecule has 0 aromatic heterocycles. The fraction of sp³-hybridized carbons (Fsp3) is 0.167. The van der Waals surface area contributed by atoms with Gasteiger partial charge in [-0.05, 0) is 36.8 Å². The van der Waals surface area contributed by atoms with Gasteiger partial charge in [0.15, 0.2) is 11.7 Å². The van der Waals surface area contributed by atoms with Crippen LogP contribution in [0.15, 0.2) is 48.5 Å². The average Bonchev–Trinajstić information content (AvgIpc) is 2.56. The second-order valence-electron chi connectivity index (χ2n) is 5.10. The maximum atomic E-state index is 12.1. The summed E-state index contributed by atoms with van der Waals surface area (Å²) < 4.78 is 5.35. The van der Waals surface area contributed by atoms with Crippen LogP contribution in [0.1, 0.15) is 5.56 Å². The number of carbonyl (C=O) groups is 2. The lowest BCUT2D eigenvalue weighted by Crippen LogP contribution is -2.32. The standard InChI is InChI=1S/C18H15ClN2O3/c1-12-5-4-6-13(9-12)24-11-17(22)14(10-20)18(23)21-16-8-3-2-7-15(16)19/h2-9,14H,11H2,1H3,(H,21,23)/t14-/m1/s1. The van der Waals surface area contributed by atoms with Crippen LogP contribution in [0.25, 0.3) is 0 Å². The highest BCUT2D eigenvalue weighted by atomic mass is 35.5. The molecule has 5 nitrogen and oxygen atoms in total. The molecule has 2 aromatic rings. The van der Waals surface area contributed by atoms with Crippen LogP contribution >= 0.6 is 11.6 Å². The number of nitrogens with one attached hydrogen (secondary N) is 1. The van der Waals surface area contributed by atoms with E-state index in [4.69, 9.17) is 21.6 Å². The molecule has 1 amide bonds. The van der Waals surface area contributed by atoms with Gasteiger partial charge in [-0.25, -0.2) is 0 Å². The number of carbonyl (C=O) groups excluding carboxylic acids is 2. The molecular weight excluding hydrogens is 328 g/mol. The first-order valence-electron chi connectivity index (χ1n) is 7.18. The van der Waals surface area contributed by atoms with Gasteiger partial charge in [0.1, 0.15) is 12.4 Å². The lowest BCUT2D eigenvalue weighted by Gasteiger charge is -2.11. The number of benzene rings is 2. The van der Waals surface area contributed by atoms with Gasteiger partial charge in [0.2, 0.25) is 5.91 Å². The molecule has 24 heavy (non-hydrogen) atoms. The van der Waals surface area contributed by atoms with Crippen molar-refractivity contribution in [3.05, 3.63) is 59.1 Å². The predicted molar refractivity (Wildman–Crippen MR) is 90.9 cm³/mol. The third kappa shape index (κ3) is 4.58. The number of para-hydroxylation sites is 1. The number of anilines is 1. The molecule has 1 N–H and O–H groups in total. The number of nitrogens with zero attached hydrogens (tertiary/aromatic N) is 1. The fourth-order valence-electron chi connectivity index (χ4n) is 1.99. The van der Waals surface area contributed by atoms with Crippen LogP contribution in [-0.2, 0) is 9.59 Å². The number of aryl methyl sites for hydroxylation is 1. The molecule has 6 heteroatoms. The molecule has 1 atom stereocenters. The number of amides is 1. The molecular formula is C18H15ClN2O3. The van der Waals surface area contributed by atoms with Crippen molar-refractivity contribution in [2.45, 2.75) is 6.92 Å². The van der Waals surface area contributed by atoms with Crippen molar-refractivity contribution < 1.29 is 14.3 Å². The van der Waals surface area contributed by atoms with Gasteiger partial charge in [-0.1, -0.05) is 35.9 Å². The van der Waals surface area contributed by atoms with Crippen molar-refractivity contribution in [3.8, 4) is 11.8 Å². The van der Waals surface area contributed by atoms with Gasteiger partial charge in [-0.3, -0.25) is 9.59 Å². The summed E-state index contributed by atoms with van der Waals surface area (Å²) in [5.41, 5.74) is 1.32. The number of ether oxygens (including phenoxy) is 1. The molecule has 0 heterocycles. The second-order valence-corrected chi connectivity index (χ2v) is 5.51. The van der Waals surface area contributed by atoms with Crippen LogP contribution in [0.2, 0.25) is 5.02 Å². The number of rotatable bonds is 6. The normalized spacial score (nSPS) is 11.2. The van der Waals surface area contributed by atoms with Gasteiger partial charge >= 0.3 is 0 Å². The van der Waals surface area contributed by atoms with E-state index in [-0.39, 0.29) is 6.61 Å². The van der Waals surface area contributed by atoms with Crippen LogP contribution in [0.5, 0.6) is 5.75 Å². The van der Waals surface area contributed by atoms with Gasteiger partial charge in [0.25, 0.3) is 0 Å². The number of nitriles is 1. The smallest absolute Gasteiger partial charge is 0.249 e. The van der Waals surface area contributed by atoms with Gasteiger partial charge in [-0.2, -0.15) is 5.26 Å². The topological polar surface area (TPSA) is 79.2 Å². The third-order valence-electron chi connectivity index (χ3n) is 3.22. The molecule has 0 saturated heterocycles. The fourth-order valence-corrected chi connectivity index (χ4v) is 2.17. The van der Waals surface area contributed by atoms with Crippen molar-refractivity contribution in [1.29, 1.82) is 5.26 Å². The molecule has 0 aliphatic heterocycles. The summed E-state index contributed by atoms with van der Waals surface area (Å²) in [7, 11) is 0. The number of Topliss-reactive ketones (excluding diaryl/α,β-unsaturated/α-hetero) is 1. The van der Waals surface area contributed by atoms with E-state index in [9.17, 15) is 9.59 Å². The summed E-state index contributed by atoms with van der Waals surface area (Å²) in [5.74, 6) is -2.32. The molecule has 122 valence electrons. The zero-order valence-corrected chi connectivity index (χ0v) is 13.7. The summed E-state index contributed by atoms with van der Waals surface area (Å²) in [5, 5.41) is 11.9. The van der Waals surface area contributed by atoms with Crippen molar-refractivity contribution in [3.63, 3.8) is 0 Å². The molecule has 0 spiro atoms. The Hall–Kier alpha value is -2.84. The maximum Gasteiger partial charge on any atom is 0.249 e. The molecule has 2 rings (SSSR count). The van der Waals surface area contributed by atoms with Crippen LogP contribution < -0.4 is 10.1 Å². The summed E-state index contributed by atoms with van der Waals surface area (Å²) in [6.07, 6.45) is 0. The van der Waals surface area contributed by atoms with Gasteiger partial charge in [-0.15, -0.1) is 0 Å². The Labute approximate surface area is 144 Å². The molecule has 0 saturated carbocycles. The Morgan fingerprint density at radius 2 is 2.00 bits per heavy atom. The Morgan fingerprint density at radius 3 is 2.67 bits per heavy atom. The highest BCUT2D eigenvalue weighted by Crippen LogP contribution is 2.21. The maximum absolute atomic E-state index is 12.1. The Morgan fingerprint density at radius 1 is 1.25 bits per heavy atom. The summed E-state index contributed by atoms with van der Waals surface area (Å²) in [6, 6.07) is 15.4. The minimum Gasteiger partial charge on any atom is -0.486 e. The predicted octanol–water partition coefficient (Wildman–Crippen LogP) is 3.37.